The molecule has 0 unspecified atom stereocenters. The lowest BCUT2D eigenvalue weighted by Gasteiger charge is -2.04. The van der Waals surface area contributed by atoms with Crippen molar-refractivity contribution in [1.82, 2.24) is 10.3 Å². The first-order valence-corrected chi connectivity index (χ1v) is 6.15. The summed E-state index contributed by atoms with van der Waals surface area (Å²) >= 11 is 1.27. The van der Waals surface area contributed by atoms with Crippen LogP contribution in [0.3, 0.4) is 0 Å². The van der Waals surface area contributed by atoms with E-state index in [0.29, 0.717) is 24.0 Å². The standard InChI is InChI=1S/C10H15N3O4S/c1-17-3-2-11-8(14)5-12-10-13-7(6-18-10)4-9(15)16/h6H,2-5H2,1H3,(H,11,14)(H,12,13)(H,15,16). The van der Waals surface area contributed by atoms with Gasteiger partial charge in [0.05, 0.1) is 25.3 Å². The summed E-state index contributed by atoms with van der Waals surface area (Å²) in [5.41, 5.74) is 0.481. The molecule has 0 saturated heterocycles. The Labute approximate surface area is 108 Å². The van der Waals surface area contributed by atoms with E-state index in [4.69, 9.17) is 9.84 Å². The van der Waals surface area contributed by atoms with Crippen LogP contribution >= 0.6 is 11.3 Å². The molecule has 0 fully saturated rings. The van der Waals surface area contributed by atoms with Crippen LogP contribution in [-0.4, -0.2) is 48.8 Å². The van der Waals surface area contributed by atoms with Crippen molar-refractivity contribution in [2.24, 2.45) is 0 Å². The molecular weight excluding hydrogens is 258 g/mol. The zero-order valence-electron chi connectivity index (χ0n) is 9.93. The molecule has 1 aromatic heterocycles. The predicted molar refractivity (Wildman–Crippen MR) is 66.8 cm³/mol. The van der Waals surface area contributed by atoms with E-state index in [1.807, 2.05) is 0 Å². The predicted octanol–water partition coefficient (Wildman–Crippen LogP) is -0.0553. The summed E-state index contributed by atoms with van der Waals surface area (Å²) in [6, 6.07) is 0. The van der Waals surface area contributed by atoms with Gasteiger partial charge in [-0.15, -0.1) is 11.3 Å². The van der Waals surface area contributed by atoms with Crippen molar-refractivity contribution in [3.05, 3.63) is 11.1 Å². The number of aliphatic carboxylic acids is 1. The van der Waals surface area contributed by atoms with Crippen LogP contribution in [0, 0.1) is 0 Å². The minimum absolute atomic E-state index is 0.101. The molecule has 1 heterocycles. The van der Waals surface area contributed by atoms with Gasteiger partial charge in [-0.25, -0.2) is 4.98 Å². The molecule has 0 spiro atoms. The number of methoxy groups -OCH3 is 1. The number of hydrogen-bond acceptors (Lipinski definition) is 6. The Morgan fingerprint density at radius 1 is 1.56 bits per heavy atom. The van der Waals surface area contributed by atoms with Gasteiger partial charge in [0.15, 0.2) is 5.13 Å². The Kier molecular flexibility index (Phi) is 6.09. The summed E-state index contributed by atoms with van der Waals surface area (Å²) in [5.74, 6) is -1.09. The molecule has 1 aromatic rings. The van der Waals surface area contributed by atoms with Gasteiger partial charge in [-0.1, -0.05) is 0 Å². The monoisotopic (exact) mass is 273 g/mol. The first kappa shape index (κ1) is 14.4. The molecule has 0 radical (unpaired) electrons. The Bertz CT molecular complexity index is 408. The number of ether oxygens (including phenoxy) is 1. The molecule has 0 aliphatic rings. The quantitative estimate of drug-likeness (QED) is 0.574. The van der Waals surface area contributed by atoms with E-state index in [1.54, 1.807) is 12.5 Å². The van der Waals surface area contributed by atoms with Gasteiger partial charge in [-0.2, -0.15) is 0 Å². The van der Waals surface area contributed by atoms with Gasteiger partial charge < -0.3 is 20.5 Å². The Hall–Kier alpha value is -1.67. The van der Waals surface area contributed by atoms with Crippen molar-refractivity contribution in [2.45, 2.75) is 6.42 Å². The van der Waals surface area contributed by atoms with Gasteiger partial charge in [0.1, 0.15) is 0 Å². The molecule has 0 aromatic carbocycles. The van der Waals surface area contributed by atoms with Crippen LogP contribution in [-0.2, 0) is 20.7 Å². The highest BCUT2D eigenvalue weighted by Gasteiger charge is 2.07. The SMILES string of the molecule is COCCNC(=O)CNc1nc(CC(=O)O)cs1. The minimum Gasteiger partial charge on any atom is -0.481 e. The Morgan fingerprint density at radius 2 is 2.33 bits per heavy atom. The van der Waals surface area contributed by atoms with Gasteiger partial charge in [0.2, 0.25) is 5.91 Å². The maximum Gasteiger partial charge on any atom is 0.309 e. The molecule has 8 heteroatoms. The molecule has 18 heavy (non-hydrogen) atoms. The number of anilines is 1. The number of carboxylic acid groups (broad SMARTS) is 1. The second kappa shape index (κ2) is 7.62. The number of carboxylic acids is 1. The fourth-order valence-electron chi connectivity index (χ4n) is 1.14. The number of nitrogens with one attached hydrogen (secondary N) is 2. The Morgan fingerprint density at radius 3 is 3.00 bits per heavy atom. The van der Waals surface area contributed by atoms with Crippen LogP contribution in [0.4, 0.5) is 5.13 Å². The van der Waals surface area contributed by atoms with E-state index >= 15 is 0 Å². The number of amides is 1. The minimum atomic E-state index is -0.927. The number of carbonyl (C=O) groups is 2. The smallest absolute Gasteiger partial charge is 0.309 e. The van der Waals surface area contributed by atoms with E-state index in [1.165, 1.54) is 11.3 Å². The summed E-state index contributed by atoms with van der Waals surface area (Å²) < 4.78 is 4.79. The van der Waals surface area contributed by atoms with Crippen molar-refractivity contribution in [2.75, 3.05) is 32.1 Å². The fourth-order valence-corrected chi connectivity index (χ4v) is 1.84. The molecule has 1 rings (SSSR count). The summed E-state index contributed by atoms with van der Waals surface area (Å²) in [7, 11) is 1.56. The normalized spacial score (nSPS) is 10.1. The lowest BCUT2D eigenvalue weighted by Crippen LogP contribution is -2.32. The van der Waals surface area contributed by atoms with E-state index in [-0.39, 0.29) is 18.9 Å². The van der Waals surface area contributed by atoms with E-state index in [9.17, 15) is 9.59 Å². The largest absolute Gasteiger partial charge is 0.481 e. The summed E-state index contributed by atoms with van der Waals surface area (Å²) in [6.07, 6.45) is -0.113. The molecule has 100 valence electrons. The molecular formula is C10H15N3O4S. The van der Waals surface area contributed by atoms with Crippen LogP contribution in [0.15, 0.2) is 5.38 Å². The Balaban J connectivity index is 2.28. The average Bonchev–Trinajstić information content (AvgIpc) is 2.73. The van der Waals surface area contributed by atoms with Crippen LogP contribution in [0.1, 0.15) is 5.69 Å². The van der Waals surface area contributed by atoms with E-state index in [2.05, 4.69) is 15.6 Å². The molecule has 0 bridgehead atoms. The van der Waals surface area contributed by atoms with Gasteiger partial charge in [-0.3, -0.25) is 9.59 Å². The van der Waals surface area contributed by atoms with Crippen molar-refractivity contribution >= 4 is 28.3 Å². The lowest BCUT2D eigenvalue weighted by atomic mass is 10.3. The summed E-state index contributed by atoms with van der Waals surface area (Å²) in [5, 5.41) is 16.2. The van der Waals surface area contributed by atoms with Crippen LogP contribution in [0.5, 0.6) is 0 Å². The zero-order chi connectivity index (χ0) is 13.4. The number of aromatic nitrogens is 1. The topological polar surface area (TPSA) is 101 Å². The fraction of sp³-hybridized carbons (Fsp3) is 0.500. The van der Waals surface area contributed by atoms with Crippen molar-refractivity contribution in [1.29, 1.82) is 0 Å². The average molecular weight is 273 g/mol. The second-order valence-corrected chi connectivity index (χ2v) is 4.27. The highest BCUT2D eigenvalue weighted by atomic mass is 32.1. The van der Waals surface area contributed by atoms with Crippen molar-refractivity contribution in [3.8, 4) is 0 Å². The van der Waals surface area contributed by atoms with Gasteiger partial charge in [-0.05, 0) is 0 Å². The van der Waals surface area contributed by atoms with Gasteiger partial charge in [0, 0.05) is 19.0 Å². The first-order valence-electron chi connectivity index (χ1n) is 5.27. The third kappa shape index (κ3) is 5.60. The molecule has 7 nitrogen and oxygen atoms in total. The van der Waals surface area contributed by atoms with Crippen LogP contribution < -0.4 is 10.6 Å². The summed E-state index contributed by atoms with van der Waals surface area (Å²) in [4.78, 5) is 25.8. The molecule has 0 saturated carbocycles. The maximum absolute atomic E-state index is 11.3. The van der Waals surface area contributed by atoms with Crippen LogP contribution in [0.2, 0.25) is 0 Å². The van der Waals surface area contributed by atoms with E-state index in [0.717, 1.165) is 0 Å². The number of nitrogens with zero attached hydrogens (tertiary/aromatic N) is 1. The van der Waals surface area contributed by atoms with Crippen LogP contribution in [0.25, 0.3) is 0 Å². The van der Waals surface area contributed by atoms with Crippen molar-refractivity contribution < 1.29 is 19.4 Å². The summed E-state index contributed by atoms with van der Waals surface area (Å²) in [6.45, 7) is 1.02. The molecule has 0 aliphatic carbocycles. The van der Waals surface area contributed by atoms with E-state index < -0.39 is 5.97 Å². The molecule has 0 atom stereocenters. The molecule has 0 aliphatic heterocycles. The maximum atomic E-state index is 11.3. The third-order valence-electron chi connectivity index (χ3n) is 1.91. The first-order chi connectivity index (χ1) is 8.61. The highest BCUT2D eigenvalue weighted by Crippen LogP contribution is 2.15. The third-order valence-corrected chi connectivity index (χ3v) is 2.76. The lowest BCUT2D eigenvalue weighted by molar-refractivity contribution is -0.136. The molecule has 3 N–H and O–H groups in total. The zero-order valence-corrected chi connectivity index (χ0v) is 10.7. The van der Waals surface area contributed by atoms with Crippen molar-refractivity contribution in [3.63, 3.8) is 0 Å². The number of hydrogen-bond donors (Lipinski definition) is 3. The number of rotatable bonds is 8. The van der Waals surface area contributed by atoms with Gasteiger partial charge in [0.25, 0.3) is 0 Å². The number of thiazole rings is 1. The number of carbonyl (C=O) groups excluding carboxylic acids is 1. The van der Waals surface area contributed by atoms with Gasteiger partial charge >= 0.3 is 5.97 Å². The second-order valence-electron chi connectivity index (χ2n) is 3.41. The highest BCUT2D eigenvalue weighted by molar-refractivity contribution is 7.13. The molecule has 1 amide bonds.